The first kappa shape index (κ1) is 18.8. The molecule has 0 aliphatic carbocycles. The van der Waals surface area contributed by atoms with Crippen molar-refractivity contribution in [2.75, 3.05) is 13.1 Å². The minimum Gasteiger partial charge on any atom is -0.508 e. The summed E-state index contributed by atoms with van der Waals surface area (Å²) in [5.41, 5.74) is 4.26. The van der Waals surface area contributed by atoms with Crippen LogP contribution in [0, 0.1) is 3.82 Å². The number of aromatic hydroxyl groups is 1. The fourth-order valence-corrected chi connectivity index (χ4v) is 6.38. The summed E-state index contributed by atoms with van der Waals surface area (Å²) in [6, 6.07) is 16.1. The maximum absolute atomic E-state index is 10.4. The molecule has 140 valence electrons. The highest BCUT2D eigenvalue weighted by molar-refractivity contribution is 7.80. The third-order valence-electron chi connectivity index (χ3n) is 4.99. The minimum absolute atomic E-state index is 0.187. The first-order chi connectivity index (χ1) is 13.1. The van der Waals surface area contributed by atoms with Gasteiger partial charge in [0.05, 0.1) is 11.0 Å². The molecule has 2 aromatic carbocycles. The lowest BCUT2D eigenvalue weighted by molar-refractivity contribution is 0.0789. The van der Waals surface area contributed by atoms with Crippen molar-refractivity contribution in [2.45, 2.75) is 25.5 Å². The Labute approximate surface area is 171 Å². The minimum atomic E-state index is -0.187. The van der Waals surface area contributed by atoms with Crippen LogP contribution in [0.4, 0.5) is 0 Å². The van der Waals surface area contributed by atoms with Gasteiger partial charge < -0.3 is 10.2 Å². The molecule has 0 spiro atoms. The molecule has 3 nitrogen and oxygen atoms in total. The van der Waals surface area contributed by atoms with Gasteiger partial charge in [-0.1, -0.05) is 63.2 Å². The van der Waals surface area contributed by atoms with Crippen LogP contribution < -0.4 is 0 Å². The quantitative estimate of drug-likeness (QED) is 0.434. The molecule has 1 saturated heterocycles. The monoisotopic (exact) mass is 415 g/mol. The second kappa shape index (κ2) is 8.20. The summed E-state index contributed by atoms with van der Waals surface area (Å²) in [5, 5.41) is 20.1. The molecule has 2 N–H and O–H groups in total. The molecule has 1 fully saturated rings. The third-order valence-corrected chi connectivity index (χ3v) is 8.05. The molecule has 1 aliphatic rings. The molecule has 0 atom stereocenters. The van der Waals surface area contributed by atoms with Gasteiger partial charge in [-0.2, -0.15) is 0 Å². The Bertz CT molecular complexity index is 973. The molecule has 2 heterocycles. The predicted molar refractivity (Wildman–Crippen MR) is 116 cm³/mol. The van der Waals surface area contributed by atoms with Gasteiger partial charge in [-0.3, -0.25) is 4.90 Å². The number of rotatable bonds is 4. The number of nitrogens with zero attached hydrogens (tertiary/aromatic N) is 1. The molecule has 6 heteroatoms. The van der Waals surface area contributed by atoms with Crippen molar-refractivity contribution in [3.63, 3.8) is 0 Å². The normalized spacial score (nSPS) is 15.9. The Morgan fingerprint density at radius 3 is 2.48 bits per heavy atom. The van der Waals surface area contributed by atoms with Crippen LogP contribution in [0.3, 0.4) is 0 Å². The molecule has 0 amide bonds. The van der Waals surface area contributed by atoms with Crippen molar-refractivity contribution < 1.29 is 10.2 Å². The van der Waals surface area contributed by atoms with E-state index in [4.69, 9.17) is 12.2 Å². The van der Waals surface area contributed by atoms with Gasteiger partial charge in [0.1, 0.15) is 9.57 Å². The van der Waals surface area contributed by atoms with Crippen LogP contribution in [0.5, 0.6) is 5.75 Å². The average Bonchev–Trinajstić information content (AvgIpc) is 3.07. The van der Waals surface area contributed by atoms with E-state index >= 15 is 0 Å². The standard InChI is InChI=1S/C21H21NO2S3/c23-17-8-10-22(11-9-17)13-16-12-15(6-7-18(16)24)20-19(21(25)27-26-20)14-4-2-1-3-5-14/h1-7,12,17,23-24H,8-11,13H2. The summed E-state index contributed by atoms with van der Waals surface area (Å²) < 4.78 is 0.904. The van der Waals surface area contributed by atoms with Crippen LogP contribution in [0.2, 0.25) is 0 Å². The maximum atomic E-state index is 10.4. The molecule has 3 aromatic rings. The number of phenols is 1. The van der Waals surface area contributed by atoms with Crippen molar-refractivity contribution in [3.05, 3.63) is 57.9 Å². The topological polar surface area (TPSA) is 43.7 Å². The van der Waals surface area contributed by atoms with Gasteiger partial charge >= 0.3 is 0 Å². The summed E-state index contributed by atoms with van der Waals surface area (Å²) in [4.78, 5) is 3.45. The van der Waals surface area contributed by atoms with E-state index < -0.39 is 0 Å². The summed E-state index contributed by atoms with van der Waals surface area (Å²) in [6.07, 6.45) is 1.40. The van der Waals surface area contributed by atoms with Crippen LogP contribution in [0.15, 0.2) is 48.5 Å². The zero-order valence-electron chi connectivity index (χ0n) is 14.8. The molecule has 0 saturated carbocycles. The largest absolute Gasteiger partial charge is 0.508 e. The molecule has 0 unspecified atom stereocenters. The molecule has 27 heavy (non-hydrogen) atoms. The highest BCUT2D eigenvalue weighted by atomic mass is 32.9. The second-order valence-corrected chi connectivity index (χ2v) is 9.69. The predicted octanol–water partition coefficient (Wildman–Crippen LogP) is 5.54. The molecule has 0 bridgehead atoms. The zero-order valence-corrected chi connectivity index (χ0v) is 17.2. The van der Waals surface area contributed by atoms with Crippen LogP contribution in [-0.4, -0.2) is 34.3 Å². The third kappa shape index (κ3) is 4.15. The number of hydrogen-bond donors (Lipinski definition) is 2. The number of aliphatic hydroxyl groups excluding tert-OH is 1. The van der Waals surface area contributed by atoms with Crippen LogP contribution in [0.25, 0.3) is 21.6 Å². The van der Waals surface area contributed by atoms with Crippen molar-refractivity contribution in [3.8, 4) is 27.3 Å². The number of hydrogen-bond acceptors (Lipinski definition) is 6. The Kier molecular flexibility index (Phi) is 5.71. The molecular formula is C21H21NO2S3. The van der Waals surface area contributed by atoms with Crippen LogP contribution in [-0.2, 0) is 6.54 Å². The van der Waals surface area contributed by atoms with E-state index in [1.54, 1.807) is 26.7 Å². The summed E-state index contributed by atoms with van der Waals surface area (Å²) in [5.74, 6) is 0.324. The van der Waals surface area contributed by atoms with Gasteiger partial charge in [0.25, 0.3) is 0 Å². The highest BCUT2D eigenvalue weighted by Gasteiger charge is 2.19. The SMILES string of the molecule is Oc1ccc(-c2ssc(=S)c2-c2ccccc2)cc1CN1CCC(O)CC1. The average molecular weight is 416 g/mol. The second-order valence-electron chi connectivity index (χ2n) is 6.88. The molecule has 0 radical (unpaired) electrons. The van der Waals surface area contributed by atoms with Gasteiger partial charge in [-0.25, -0.2) is 0 Å². The molecule has 1 aromatic heterocycles. The summed E-state index contributed by atoms with van der Waals surface area (Å²) >= 11 is 5.60. The van der Waals surface area contributed by atoms with Crippen molar-refractivity contribution in [2.24, 2.45) is 0 Å². The van der Waals surface area contributed by atoms with Crippen molar-refractivity contribution in [1.82, 2.24) is 4.90 Å². The van der Waals surface area contributed by atoms with Gasteiger partial charge in [-0.15, -0.1) is 0 Å². The maximum Gasteiger partial charge on any atom is 0.120 e. The van der Waals surface area contributed by atoms with E-state index in [1.165, 1.54) is 0 Å². The number of likely N-dealkylation sites (tertiary alicyclic amines) is 1. The molecular weight excluding hydrogens is 394 g/mol. The number of phenolic OH excluding ortho intramolecular Hbond substituents is 1. The lowest BCUT2D eigenvalue weighted by atomic mass is 10.0. The summed E-state index contributed by atoms with van der Waals surface area (Å²) in [6.45, 7) is 2.41. The van der Waals surface area contributed by atoms with Crippen molar-refractivity contribution >= 4 is 32.9 Å². The highest BCUT2D eigenvalue weighted by Crippen LogP contribution is 2.42. The Morgan fingerprint density at radius 2 is 1.74 bits per heavy atom. The molecule has 1 aliphatic heterocycles. The van der Waals surface area contributed by atoms with Crippen molar-refractivity contribution in [1.29, 1.82) is 0 Å². The number of benzene rings is 2. The van der Waals surface area contributed by atoms with E-state index in [9.17, 15) is 10.2 Å². The first-order valence-corrected chi connectivity index (χ1v) is 11.6. The van der Waals surface area contributed by atoms with E-state index in [0.29, 0.717) is 12.3 Å². The number of piperidine rings is 1. The smallest absolute Gasteiger partial charge is 0.120 e. The van der Waals surface area contributed by atoms with E-state index in [2.05, 4.69) is 23.1 Å². The summed E-state index contributed by atoms with van der Waals surface area (Å²) in [7, 11) is 3.32. The Morgan fingerprint density at radius 1 is 1.00 bits per heavy atom. The van der Waals surface area contributed by atoms with E-state index in [-0.39, 0.29) is 6.10 Å². The molecule has 4 rings (SSSR count). The van der Waals surface area contributed by atoms with Gasteiger partial charge in [0.15, 0.2) is 0 Å². The van der Waals surface area contributed by atoms with E-state index in [1.807, 2.05) is 24.3 Å². The number of aliphatic hydroxyl groups is 1. The fraction of sp³-hybridized carbons (Fsp3) is 0.286. The fourth-order valence-electron chi connectivity index (χ4n) is 3.47. The van der Waals surface area contributed by atoms with Gasteiger partial charge in [0.2, 0.25) is 0 Å². The van der Waals surface area contributed by atoms with Gasteiger partial charge in [-0.05, 0) is 42.2 Å². The zero-order chi connectivity index (χ0) is 18.8. The Balaban J connectivity index is 1.67. The lowest BCUT2D eigenvalue weighted by Gasteiger charge is -2.29. The first-order valence-electron chi connectivity index (χ1n) is 9.03. The van der Waals surface area contributed by atoms with Crippen LogP contribution >= 0.6 is 32.9 Å². The van der Waals surface area contributed by atoms with E-state index in [0.717, 1.165) is 56.9 Å². The Hall–Kier alpha value is -1.57. The lowest BCUT2D eigenvalue weighted by Crippen LogP contribution is -2.35. The van der Waals surface area contributed by atoms with Gasteiger partial charge in [0, 0.05) is 30.8 Å². The van der Waals surface area contributed by atoms with Crippen LogP contribution in [0.1, 0.15) is 18.4 Å².